The first-order valence-electron chi connectivity index (χ1n) is 9.00. The smallest absolute Gasteiger partial charge is 0.276 e. The number of hydrogen-bond acceptors (Lipinski definition) is 4. The SMILES string of the molecule is O=C1Nc2ccccc2C12Nc1ccccc1C1=Nc3ccccc3CN12. The fourth-order valence-corrected chi connectivity index (χ4v) is 4.34. The molecule has 0 saturated carbocycles. The van der Waals surface area contributed by atoms with Crippen LogP contribution in [0.3, 0.4) is 0 Å². The molecule has 3 heterocycles. The molecule has 5 nitrogen and oxygen atoms in total. The zero-order chi connectivity index (χ0) is 18.0. The van der Waals surface area contributed by atoms with Crippen molar-refractivity contribution in [1.29, 1.82) is 0 Å². The summed E-state index contributed by atoms with van der Waals surface area (Å²) in [5, 5.41) is 6.59. The van der Waals surface area contributed by atoms with Crippen LogP contribution in [-0.4, -0.2) is 16.6 Å². The number of hydrogen-bond donors (Lipinski definition) is 2. The molecule has 3 aliphatic rings. The standard InChI is InChI=1S/C22H16N4O/c27-21-22(16-9-3-6-12-19(16)24-21)25-18-11-5-2-8-15(18)20-23-17-10-4-1-7-14(17)13-26(20)22/h1-12,25H,13H2,(H,24,27). The van der Waals surface area contributed by atoms with Crippen LogP contribution in [0.1, 0.15) is 16.7 Å². The van der Waals surface area contributed by atoms with E-state index in [9.17, 15) is 4.79 Å². The number of fused-ring (bicyclic) bond motifs is 7. The zero-order valence-electron chi connectivity index (χ0n) is 14.4. The summed E-state index contributed by atoms with van der Waals surface area (Å²) in [6, 6.07) is 24.0. The lowest BCUT2D eigenvalue weighted by atomic mass is 9.91. The Morgan fingerprint density at radius 3 is 2.56 bits per heavy atom. The summed E-state index contributed by atoms with van der Waals surface area (Å²) < 4.78 is 0. The van der Waals surface area contributed by atoms with Crippen LogP contribution in [0.2, 0.25) is 0 Å². The van der Waals surface area contributed by atoms with E-state index in [0.717, 1.165) is 39.6 Å². The number of carbonyl (C=O) groups is 1. The maximum Gasteiger partial charge on any atom is 0.276 e. The number of amidine groups is 1. The lowest BCUT2D eigenvalue weighted by Crippen LogP contribution is -2.61. The van der Waals surface area contributed by atoms with Gasteiger partial charge in [0, 0.05) is 29.0 Å². The highest BCUT2D eigenvalue weighted by Crippen LogP contribution is 2.48. The van der Waals surface area contributed by atoms with Crippen LogP contribution in [0, 0.1) is 0 Å². The Morgan fingerprint density at radius 2 is 1.63 bits per heavy atom. The predicted octanol–water partition coefficient (Wildman–Crippen LogP) is 3.81. The Kier molecular flexibility index (Phi) is 2.68. The van der Waals surface area contributed by atoms with Crippen molar-refractivity contribution in [3.8, 4) is 0 Å². The number of amides is 1. The molecule has 1 unspecified atom stereocenters. The normalized spacial score (nSPS) is 21.4. The van der Waals surface area contributed by atoms with E-state index in [1.807, 2.05) is 66.7 Å². The molecule has 1 spiro atoms. The third kappa shape index (κ3) is 1.78. The quantitative estimate of drug-likeness (QED) is 0.647. The summed E-state index contributed by atoms with van der Waals surface area (Å²) in [5.74, 6) is 0.750. The minimum Gasteiger partial charge on any atom is -0.350 e. The summed E-state index contributed by atoms with van der Waals surface area (Å²) in [6.07, 6.45) is 0. The van der Waals surface area contributed by atoms with Crippen molar-refractivity contribution in [1.82, 2.24) is 4.90 Å². The van der Waals surface area contributed by atoms with E-state index in [1.54, 1.807) is 0 Å². The molecule has 27 heavy (non-hydrogen) atoms. The Hall–Kier alpha value is -3.60. The van der Waals surface area contributed by atoms with Gasteiger partial charge in [-0.25, -0.2) is 4.99 Å². The van der Waals surface area contributed by atoms with Gasteiger partial charge in [0.2, 0.25) is 5.66 Å². The topological polar surface area (TPSA) is 56.7 Å². The Balaban J connectivity index is 1.67. The molecule has 5 heteroatoms. The van der Waals surface area contributed by atoms with Crippen molar-refractivity contribution < 1.29 is 4.79 Å². The van der Waals surface area contributed by atoms with Crippen molar-refractivity contribution in [3.63, 3.8) is 0 Å². The van der Waals surface area contributed by atoms with Gasteiger partial charge in [-0.15, -0.1) is 0 Å². The highest BCUT2D eigenvalue weighted by molar-refractivity contribution is 6.16. The number of carbonyl (C=O) groups excluding carboxylic acids is 1. The van der Waals surface area contributed by atoms with Crippen LogP contribution >= 0.6 is 0 Å². The number of para-hydroxylation sites is 3. The van der Waals surface area contributed by atoms with Gasteiger partial charge in [0.25, 0.3) is 5.91 Å². The zero-order valence-corrected chi connectivity index (χ0v) is 14.4. The molecule has 3 aromatic rings. The molecular weight excluding hydrogens is 336 g/mol. The predicted molar refractivity (Wildman–Crippen MR) is 105 cm³/mol. The van der Waals surface area contributed by atoms with E-state index in [4.69, 9.17) is 4.99 Å². The molecule has 2 N–H and O–H groups in total. The van der Waals surface area contributed by atoms with Crippen molar-refractivity contribution >= 4 is 28.8 Å². The van der Waals surface area contributed by atoms with Gasteiger partial charge in [0.15, 0.2) is 0 Å². The Morgan fingerprint density at radius 1 is 0.889 bits per heavy atom. The van der Waals surface area contributed by atoms with Crippen molar-refractivity contribution in [3.05, 3.63) is 89.5 Å². The first-order valence-corrected chi connectivity index (χ1v) is 9.00. The minimum absolute atomic E-state index is 0.0784. The van der Waals surface area contributed by atoms with E-state index >= 15 is 0 Å². The van der Waals surface area contributed by atoms with E-state index in [2.05, 4.69) is 21.6 Å². The van der Waals surface area contributed by atoms with Gasteiger partial charge in [-0.2, -0.15) is 0 Å². The third-order valence-corrected chi connectivity index (χ3v) is 5.58. The number of aliphatic imine (C=N–C) groups is 1. The van der Waals surface area contributed by atoms with Crippen LogP contribution in [0.25, 0.3) is 0 Å². The van der Waals surface area contributed by atoms with E-state index in [-0.39, 0.29) is 5.91 Å². The van der Waals surface area contributed by atoms with Gasteiger partial charge in [0.05, 0.1) is 5.69 Å². The Labute approximate surface area is 156 Å². The highest BCUT2D eigenvalue weighted by Gasteiger charge is 2.56. The average molecular weight is 352 g/mol. The van der Waals surface area contributed by atoms with Crippen molar-refractivity contribution in [2.75, 3.05) is 10.6 Å². The molecule has 0 aliphatic carbocycles. The lowest BCUT2D eigenvalue weighted by molar-refractivity contribution is -0.124. The van der Waals surface area contributed by atoms with Gasteiger partial charge >= 0.3 is 0 Å². The average Bonchev–Trinajstić information content (AvgIpc) is 2.99. The molecule has 6 rings (SSSR count). The van der Waals surface area contributed by atoms with Gasteiger partial charge in [-0.1, -0.05) is 48.5 Å². The largest absolute Gasteiger partial charge is 0.350 e. The molecule has 3 aromatic carbocycles. The first-order chi connectivity index (χ1) is 13.3. The number of anilines is 2. The molecule has 0 bridgehead atoms. The molecule has 3 aliphatic heterocycles. The minimum atomic E-state index is -1.00. The molecule has 1 amide bonds. The lowest BCUT2D eigenvalue weighted by Gasteiger charge is -2.48. The second-order valence-corrected chi connectivity index (χ2v) is 7.03. The molecular formula is C22H16N4O. The number of nitrogens with zero attached hydrogens (tertiary/aromatic N) is 2. The summed E-state index contributed by atoms with van der Waals surface area (Å²) in [4.78, 5) is 20.4. The first kappa shape index (κ1) is 14.6. The fraction of sp³-hybridized carbons (Fsp3) is 0.0909. The summed E-state index contributed by atoms with van der Waals surface area (Å²) in [7, 11) is 0. The number of rotatable bonds is 0. The van der Waals surface area contributed by atoms with Gasteiger partial charge in [-0.05, 0) is 29.8 Å². The van der Waals surface area contributed by atoms with Crippen molar-refractivity contribution in [2.24, 2.45) is 4.99 Å². The van der Waals surface area contributed by atoms with Gasteiger partial charge < -0.3 is 15.5 Å². The van der Waals surface area contributed by atoms with Crippen LogP contribution < -0.4 is 10.6 Å². The van der Waals surface area contributed by atoms with Crippen LogP contribution in [0.15, 0.2) is 77.8 Å². The number of nitrogens with one attached hydrogen (secondary N) is 2. The van der Waals surface area contributed by atoms with Crippen LogP contribution in [0.5, 0.6) is 0 Å². The Bertz CT molecular complexity index is 1150. The molecule has 0 aromatic heterocycles. The maximum absolute atomic E-state index is 13.3. The summed E-state index contributed by atoms with van der Waals surface area (Å²) in [6.45, 7) is 0.609. The molecule has 1 atom stereocenters. The molecule has 0 fully saturated rings. The third-order valence-electron chi connectivity index (χ3n) is 5.58. The second-order valence-electron chi connectivity index (χ2n) is 7.03. The molecule has 130 valence electrons. The van der Waals surface area contributed by atoms with E-state index in [0.29, 0.717) is 6.54 Å². The highest BCUT2D eigenvalue weighted by atomic mass is 16.2. The molecule has 0 radical (unpaired) electrons. The summed E-state index contributed by atoms with van der Waals surface area (Å²) in [5.41, 5.74) is 4.76. The summed E-state index contributed by atoms with van der Waals surface area (Å²) >= 11 is 0. The maximum atomic E-state index is 13.3. The number of benzene rings is 3. The monoisotopic (exact) mass is 352 g/mol. The molecule has 0 saturated heterocycles. The van der Waals surface area contributed by atoms with Gasteiger partial charge in [-0.3, -0.25) is 4.79 Å². The van der Waals surface area contributed by atoms with Crippen LogP contribution in [0.4, 0.5) is 17.1 Å². The second kappa shape index (κ2) is 4.98. The van der Waals surface area contributed by atoms with Gasteiger partial charge in [0.1, 0.15) is 5.84 Å². The van der Waals surface area contributed by atoms with Crippen molar-refractivity contribution in [2.45, 2.75) is 12.2 Å². The van der Waals surface area contributed by atoms with Crippen LogP contribution in [-0.2, 0) is 17.0 Å². The van der Waals surface area contributed by atoms with E-state index in [1.165, 1.54) is 0 Å². The fourth-order valence-electron chi connectivity index (χ4n) is 4.34. The van der Waals surface area contributed by atoms with E-state index < -0.39 is 5.66 Å².